The van der Waals surface area contributed by atoms with Crippen LogP contribution in [0.2, 0.25) is 0 Å². The van der Waals surface area contributed by atoms with Crippen LogP contribution in [0.1, 0.15) is 25.0 Å². The van der Waals surface area contributed by atoms with E-state index in [0.717, 1.165) is 22.2 Å². The molecule has 2 aromatic heterocycles. The van der Waals surface area contributed by atoms with Crippen LogP contribution in [-0.2, 0) is 13.5 Å². The fourth-order valence-corrected chi connectivity index (χ4v) is 3.48. The van der Waals surface area contributed by atoms with Crippen LogP contribution in [0.25, 0.3) is 22.2 Å². The normalized spacial score (nSPS) is 13.7. The molecule has 0 saturated carbocycles. The van der Waals surface area contributed by atoms with E-state index in [0.29, 0.717) is 22.6 Å². The number of furan rings is 1. The first kappa shape index (κ1) is 16.9. The molecule has 3 heterocycles. The van der Waals surface area contributed by atoms with Crippen LogP contribution in [0.4, 0.5) is 13.2 Å². The lowest BCUT2D eigenvalue weighted by molar-refractivity contribution is -0.660. The van der Waals surface area contributed by atoms with Gasteiger partial charge in [0.15, 0.2) is 11.9 Å². The van der Waals surface area contributed by atoms with Gasteiger partial charge >= 0.3 is 6.18 Å². The average molecular weight is 362 g/mol. The van der Waals surface area contributed by atoms with Crippen molar-refractivity contribution in [3.05, 3.63) is 41.8 Å². The molecule has 0 amide bonds. The molecule has 0 bridgehead atoms. The minimum atomic E-state index is -4.30. The number of rotatable bonds is 2. The van der Waals surface area contributed by atoms with Gasteiger partial charge in [-0.1, -0.05) is 19.9 Å². The maximum Gasteiger partial charge on any atom is 0.394 e. The molecule has 0 N–H and O–H groups in total. The van der Waals surface area contributed by atoms with Gasteiger partial charge in [-0.15, -0.1) is 0 Å². The van der Waals surface area contributed by atoms with Gasteiger partial charge in [-0.2, -0.15) is 17.7 Å². The van der Waals surface area contributed by atoms with Crippen LogP contribution >= 0.6 is 0 Å². The van der Waals surface area contributed by atoms with Crippen LogP contribution in [0.5, 0.6) is 11.5 Å². The highest BCUT2D eigenvalue weighted by atomic mass is 19.4. The number of nitrogens with zero attached hydrogens (tertiary/aromatic N) is 1. The summed E-state index contributed by atoms with van der Waals surface area (Å²) in [5.41, 5.74) is 2.12. The van der Waals surface area contributed by atoms with Gasteiger partial charge in [0.25, 0.3) is 5.69 Å². The molecule has 6 heteroatoms. The Bertz CT molecular complexity index is 1030. The Hall–Kier alpha value is -2.50. The molecular weight excluding hydrogens is 343 g/mol. The van der Waals surface area contributed by atoms with Crippen LogP contribution in [0.3, 0.4) is 0 Å². The number of ether oxygens (including phenoxy) is 1. The van der Waals surface area contributed by atoms with Crippen molar-refractivity contribution in [3.8, 4) is 22.8 Å². The van der Waals surface area contributed by atoms with E-state index in [2.05, 4.69) is 0 Å². The first-order valence-electron chi connectivity index (χ1n) is 8.37. The number of aryl methyl sites for hydroxylation is 2. The molecule has 0 aliphatic carbocycles. The van der Waals surface area contributed by atoms with Gasteiger partial charge in [-0.05, 0) is 25.0 Å². The fraction of sp³-hybridized carbons (Fsp3) is 0.350. The molecule has 26 heavy (non-hydrogen) atoms. The zero-order valence-electron chi connectivity index (χ0n) is 15.0. The smallest absolute Gasteiger partial charge is 0.394 e. The van der Waals surface area contributed by atoms with Crippen LogP contribution in [0, 0.1) is 12.3 Å². The molecule has 1 aromatic carbocycles. The van der Waals surface area contributed by atoms with Crippen molar-refractivity contribution in [3.63, 3.8) is 0 Å². The Morgan fingerprint density at radius 1 is 1.12 bits per heavy atom. The predicted molar refractivity (Wildman–Crippen MR) is 91.2 cm³/mol. The van der Waals surface area contributed by atoms with Gasteiger partial charge in [-0.3, -0.25) is 0 Å². The molecule has 136 valence electrons. The Labute approximate surface area is 149 Å². The van der Waals surface area contributed by atoms with E-state index >= 15 is 0 Å². The van der Waals surface area contributed by atoms with Crippen LogP contribution in [-0.4, -0.2) is 6.18 Å². The molecular formula is C20H19F3NO2+. The second kappa shape index (κ2) is 5.25. The second-order valence-corrected chi connectivity index (χ2v) is 7.52. The minimum Gasteiger partial charge on any atom is -0.460 e. The van der Waals surface area contributed by atoms with Crippen LogP contribution < -0.4 is 9.30 Å². The summed E-state index contributed by atoms with van der Waals surface area (Å²) >= 11 is 0. The molecule has 0 fully saturated rings. The zero-order chi connectivity index (χ0) is 18.9. The van der Waals surface area contributed by atoms with Gasteiger partial charge < -0.3 is 9.15 Å². The van der Waals surface area contributed by atoms with Crippen molar-refractivity contribution >= 4 is 11.0 Å². The topological polar surface area (TPSA) is 26.2 Å². The number of benzene rings is 1. The molecule has 1 aliphatic rings. The Morgan fingerprint density at radius 3 is 2.54 bits per heavy atom. The summed E-state index contributed by atoms with van der Waals surface area (Å²) in [5.74, 6) is 1.01. The van der Waals surface area contributed by atoms with E-state index in [9.17, 15) is 13.2 Å². The highest BCUT2D eigenvalue weighted by Crippen LogP contribution is 2.50. The number of aromatic nitrogens is 1. The lowest BCUT2D eigenvalue weighted by Gasteiger charge is -2.29. The van der Waals surface area contributed by atoms with Crippen molar-refractivity contribution in [2.24, 2.45) is 12.5 Å². The number of pyridine rings is 1. The lowest BCUT2D eigenvalue weighted by atomic mass is 9.84. The van der Waals surface area contributed by atoms with Crippen molar-refractivity contribution in [2.45, 2.75) is 33.4 Å². The Kier molecular flexibility index (Phi) is 3.42. The second-order valence-electron chi connectivity index (χ2n) is 7.52. The summed E-state index contributed by atoms with van der Waals surface area (Å²) in [6.07, 6.45) is -1.17. The summed E-state index contributed by atoms with van der Waals surface area (Å²) < 4.78 is 53.7. The molecule has 0 atom stereocenters. The van der Waals surface area contributed by atoms with Gasteiger partial charge in [0.2, 0.25) is 5.75 Å². The summed E-state index contributed by atoms with van der Waals surface area (Å²) in [5, 5.41) is 0.861. The molecule has 0 unspecified atom stereocenters. The monoisotopic (exact) mass is 362 g/mol. The average Bonchev–Trinajstić information content (AvgIpc) is 2.95. The number of hydrogen-bond acceptors (Lipinski definition) is 2. The molecule has 4 rings (SSSR count). The maximum atomic E-state index is 13.4. The van der Waals surface area contributed by atoms with E-state index in [1.165, 1.54) is 20.1 Å². The molecule has 3 aromatic rings. The number of halogens is 3. The Morgan fingerprint density at radius 2 is 1.85 bits per heavy atom. The SMILES string of the molecule is Cc1ccc2occ3c2c1-c1c(c(CC(C)(C)C(F)(F)F)cc[n+]1C)O3. The van der Waals surface area contributed by atoms with E-state index in [1.54, 1.807) is 12.3 Å². The van der Waals surface area contributed by atoms with Crippen molar-refractivity contribution in [1.29, 1.82) is 0 Å². The van der Waals surface area contributed by atoms with Gasteiger partial charge in [0, 0.05) is 11.6 Å². The van der Waals surface area contributed by atoms with Gasteiger partial charge in [-0.25, -0.2) is 0 Å². The molecule has 3 nitrogen and oxygen atoms in total. The number of alkyl halides is 3. The number of hydrogen-bond donors (Lipinski definition) is 0. The maximum absolute atomic E-state index is 13.4. The largest absolute Gasteiger partial charge is 0.460 e. The highest BCUT2D eigenvalue weighted by molar-refractivity contribution is 6.01. The van der Waals surface area contributed by atoms with E-state index in [4.69, 9.17) is 9.15 Å². The first-order valence-corrected chi connectivity index (χ1v) is 8.37. The van der Waals surface area contributed by atoms with E-state index in [1.807, 2.05) is 30.7 Å². The minimum absolute atomic E-state index is 0.165. The van der Waals surface area contributed by atoms with E-state index < -0.39 is 11.6 Å². The third kappa shape index (κ3) is 2.31. The quantitative estimate of drug-likeness (QED) is 0.442. The molecule has 0 radical (unpaired) electrons. The number of fused-ring (bicyclic) bond motifs is 2. The molecule has 0 saturated heterocycles. The zero-order valence-corrected chi connectivity index (χ0v) is 15.0. The van der Waals surface area contributed by atoms with Gasteiger partial charge in [0.1, 0.15) is 18.9 Å². The van der Waals surface area contributed by atoms with Crippen molar-refractivity contribution < 1.29 is 26.9 Å². The summed E-state index contributed by atoms with van der Waals surface area (Å²) in [6.45, 7) is 4.40. The predicted octanol–water partition coefficient (Wildman–Crippen LogP) is 5.47. The standard InChI is InChI=1S/C20H19F3NO2/c1-11-5-6-13-16-14(10-25-13)26-18-12(9-19(2,3)20(21,22)23)7-8-24(4)17(18)15(11)16/h5-8,10H,9H2,1-4H3/q+1. The summed E-state index contributed by atoms with van der Waals surface area (Å²) in [6, 6.07) is 5.53. The van der Waals surface area contributed by atoms with Crippen molar-refractivity contribution in [2.75, 3.05) is 0 Å². The summed E-state index contributed by atoms with van der Waals surface area (Å²) in [4.78, 5) is 0. The first-order chi connectivity index (χ1) is 12.1. The Balaban J connectivity index is 1.96. The fourth-order valence-electron chi connectivity index (χ4n) is 3.48. The van der Waals surface area contributed by atoms with E-state index in [-0.39, 0.29) is 6.42 Å². The van der Waals surface area contributed by atoms with Crippen molar-refractivity contribution in [1.82, 2.24) is 0 Å². The lowest BCUT2D eigenvalue weighted by Crippen LogP contribution is -2.36. The molecule has 0 spiro atoms. The highest BCUT2D eigenvalue weighted by Gasteiger charge is 2.48. The third-order valence-corrected chi connectivity index (χ3v) is 5.12. The van der Waals surface area contributed by atoms with Crippen LogP contribution in [0.15, 0.2) is 35.1 Å². The summed E-state index contributed by atoms with van der Waals surface area (Å²) in [7, 11) is 1.87. The molecule has 1 aliphatic heterocycles. The van der Waals surface area contributed by atoms with Gasteiger partial charge in [0.05, 0.1) is 16.4 Å². The third-order valence-electron chi connectivity index (χ3n) is 5.12.